The molecule has 17 heteroatoms. The molecule has 48 heavy (non-hydrogen) atoms. The van der Waals surface area contributed by atoms with Crippen molar-refractivity contribution < 1.29 is 76.1 Å². The maximum atomic E-state index is 14.0. The van der Waals surface area contributed by atoms with Crippen molar-refractivity contribution >= 4 is 5.97 Å². The fraction of sp³-hybridized carbons (Fsp3) is 0.516. The smallest absolute Gasteiger partial charge is 0.460 e. The van der Waals surface area contributed by atoms with Gasteiger partial charge in [-0.05, 0) is 48.2 Å². The van der Waals surface area contributed by atoms with Crippen LogP contribution >= 0.6 is 0 Å². The summed E-state index contributed by atoms with van der Waals surface area (Å²) in [4.78, 5) is 10.9. The summed E-state index contributed by atoms with van der Waals surface area (Å²) in [5.74, 6) is -37.2. The lowest BCUT2D eigenvalue weighted by Crippen LogP contribution is -2.70. The quantitative estimate of drug-likeness (QED) is 0.0593. The van der Waals surface area contributed by atoms with Gasteiger partial charge in [-0.25, -0.2) is 4.79 Å². The van der Waals surface area contributed by atoms with Crippen molar-refractivity contribution in [3.8, 4) is 22.6 Å². The minimum atomic E-state index is -7.93. The Morgan fingerprint density at radius 3 is 1.38 bits per heavy atom. The zero-order valence-corrected chi connectivity index (χ0v) is 25.0. The second kappa shape index (κ2) is 16.2. The number of hydrogen-bond donors (Lipinski definition) is 0. The van der Waals surface area contributed by atoms with Crippen molar-refractivity contribution in [3.05, 3.63) is 61.2 Å². The van der Waals surface area contributed by atoms with Gasteiger partial charge in [0.1, 0.15) is 11.5 Å². The molecular weight excluding hydrogens is 683 g/mol. The van der Waals surface area contributed by atoms with E-state index in [4.69, 9.17) is 14.2 Å². The Labute approximate surface area is 266 Å². The van der Waals surface area contributed by atoms with Crippen LogP contribution in [0.25, 0.3) is 11.1 Å². The maximum Gasteiger partial charge on any atom is 0.460 e. The van der Waals surface area contributed by atoms with Crippen molar-refractivity contribution in [2.75, 3.05) is 19.8 Å². The first-order valence-electron chi connectivity index (χ1n) is 14.3. The van der Waals surface area contributed by atoms with Crippen LogP contribution in [0.1, 0.15) is 44.9 Å². The zero-order valence-electron chi connectivity index (χ0n) is 25.0. The Morgan fingerprint density at radius 1 is 0.542 bits per heavy atom. The lowest BCUT2D eigenvalue weighted by atomic mass is 9.93. The van der Waals surface area contributed by atoms with Crippen molar-refractivity contribution in [2.24, 2.45) is 0 Å². The fourth-order valence-corrected chi connectivity index (χ4v) is 4.08. The molecule has 0 atom stereocenters. The molecule has 0 unspecified atom stereocenters. The van der Waals surface area contributed by atoms with Crippen molar-refractivity contribution in [1.29, 1.82) is 0 Å². The number of halogens is 13. The first kappa shape index (κ1) is 40.5. The number of hydrogen-bond acceptors (Lipinski definition) is 4. The molecule has 4 nitrogen and oxygen atoms in total. The van der Waals surface area contributed by atoms with Crippen LogP contribution in [0.4, 0.5) is 57.1 Å². The summed E-state index contributed by atoms with van der Waals surface area (Å²) < 4.78 is 187. The largest absolute Gasteiger partial charge is 0.494 e. The average molecular weight is 715 g/mol. The third kappa shape index (κ3) is 9.49. The molecule has 0 spiro atoms. The number of esters is 1. The molecule has 2 aromatic carbocycles. The Balaban J connectivity index is 1.84. The van der Waals surface area contributed by atoms with Crippen LogP contribution < -0.4 is 9.47 Å². The second-order valence-electron chi connectivity index (χ2n) is 10.5. The molecule has 0 aromatic heterocycles. The van der Waals surface area contributed by atoms with E-state index in [0.29, 0.717) is 30.1 Å². The summed E-state index contributed by atoms with van der Waals surface area (Å²) in [5, 5.41) is 0. The van der Waals surface area contributed by atoms with E-state index in [1.807, 2.05) is 0 Å². The second-order valence-corrected chi connectivity index (χ2v) is 10.5. The molecule has 0 N–H and O–H groups in total. The number of rotatable bonds is 20. The monoisotopic (exact) mass is 714 g/mol. The number of carbonyl (C=O) groups is 1. The van der Waals surface area contributed by atoms with E-state index >= 15 is 0 Å². The van der Waals surface area contributed by atoms with Crippen LogP contribution in [-0.4, -0.2) is 61.6 Å². The fourth-order valence-electron chi connectivity index (χ4n) is 4.08. The van der Waals surface area contributed by atoms with Crippen molar-refractivity contribution in [3.63, 3.8) is 0 Å². The predicted molar refractivity (Wildman–Crippen MR) is 147 cm³/mol. The Kier molecular flexibility index (Phi) is 13.6. The first-order chi connectivity index (χ1) is 22.1. The van der Waals surface area contributed by atoms with E-state index in [2.05, 4.69) is 6.58 Å². The van der Waals surface area contributed by atoms with E-state index in [1.165, 1.54) is 12.1 Å². The van der Waals surface area contributed by atoms with E-state index in [1.54, 1.807) is 24.3 Å². The van der Waals surface area contributed by atoms with E-state index < -0.39 is 54.8 Å². The number of benzene rings is 2. The molecule has 0 saturated carbocycles. The predicted octanol–water partition coefficient (Wildman–Crippen LogP) is 10.3. The molecular formula is C31H31F13O4. The zero-order chi connectivity index (χ0) is 36.4. The highest BCUT2D eigenvalue weighted by Gasteiger charge is 2.90. The molecule has 0 aliphatic heterocycles. The SMILES string of the molecule is C=CC(=O)OCCCCCCCCOc1ccc(-c2ccc(OCCC(F)(F)C(F)(F)C(F)(F)C(F)(F)C(F)(F)C(F)(F)F)cc2)cc1. The highest BCUT2D eigenvalue weighted by molar-refractivity contribution is 5.81. The van der Waals surface area contributed by atoms with E-state index in [0.717, 1.165) is 56.7 Å². The third-order valence-electron chi connectivity index (χ3n) is 6.94. The van der Waals surface area contributed by atoms with Crippen LogP contribution in [-0.2, 0) is 9.53 Å². The van der Waals surface area contributed by atoms with Gasteiger partial charge in [0.25, 0.3) is 0 Å². The molecule has 0 heterocycles. The van der Waals surface area contributed by atoms with Gasteiger partial charge in [-0.15, -0.1) is 0 Å². The maximum absolute atomic E-state index is 14.0. The standard InChI is InChI=1S/C31H31F13O4/c1-2-25(45)48-19-8-6-4-3-5-7-18-46-23-13-9-21(10-14-23)22-11-15-24(16-12-22)47-20-17-26(32,33)27(34,35)28(36,37)29(38,39)30(40,41)31(42,43)44/h2,9-16H,1,3-8,17-20H2. The van der Waals surface area contributed by atoms with Crippen LogP contribution in [0.2, 0.25) is 0 Å². The van der Waals surface area contributed by atoms with Gasteiger partial charge in [0, 0.05) is 6.08 Å². The molecule has 0 aliphatic rings. The topological polar surface area (TPSA) is 44.8 Å². The average Bonchev–Trinajstić information content (AvgIpc) is 3.01. The number of ether oxygens (including phenoxy) is 3. The van der Waals surface area contributed by atoms with Crippen molar-refractivity contribution in [2.45, 2.75) is 80.7 Å². The van der Waals surface area contributed by atoms with E-state index in [9.17, 15) is 61.9 Å². The summed E-state index contributed by atoms with van der Waals surface area (Å²) >= 11 is 0. The van der Waals surface area contributed by atoms with Gasteiger partial charge in [-0.3, -0.25) is 0 Å². The van der Waals surface area contributed by atoms with E-state index in [-0.39, 0.29) is 5.75 Å². The van der Waals surface area contributed by atoms with Gasteiger partial charge in [0.15, 0.2) is 0 Å². The normalized spacial score (nSPS) is 13.3. The van der Waals surface area contributed by atoms with Crippen LogP contribution in [0.5, 0.6) is 11.5 Å². The minimum absolute atomic E-state index is 0.269. The Morgan fingerprint density at radius 2 is 0.938 bits per heavy atom. The molecule has 2 aromatic rings. The van der Waals surface area contributed by atoms with Gasteiger partial charge in [0.2, 0.25) is 0 Å². The third-order valence-corrected chi connectivity index (χ3v) is 6.94. The van der Waals surface area contributed by atoms with Crippen LogP contribution in [0.3, 0.4) is 0 Å². The molecule has 0 bridgehead atoms. The summed E-state index contributed by atoms with van der Waals surface area (Å²) in [6, 6.07) is 11.8. The Bertz CT molecular complexity index is 1310. The molecule has 0 fully saturated rings. The summed E-state index contributed by atoms with van der Waals surface area (Å²) in [6.45, 7) is 2.60. The lowest BCUT2D eigenvalue weighted by Gasteiger charge is -2.39. The van der Waals surface area contributed by atoms with Gasteiger partial charge < -0.3 is 14.2 Å². The molecule has 0 radical (unpaired) electrons. The molecule has 0 amide bonds. The van der Waals surface area contributed by atoms with Gasteiger partial charge in [-0.1, -0.05) is 56.5 Å². The summed E-state index contributed by atoms with van der Waals surface area (Å²) in [5.41, 5.74) is 1.20. The number of unbranched alkanes of at least 4 members (excludes halogenated alkanes) is 5. The van der Waals surface area contributed by atoms with Gasteiger partial charge in [0.05, 0.1) is 26.2 Å². The summed E-state index contributed by atoms with van der Waals surface area (Å²) in [6.07, 6.45) is -3.41. The minimum Gasteiger partial charge on any atom is -0.494 e. The number of alkyl halides is 13. The molecule has 2 rings (SSSR count). The van der Waals surface area contributed by atoms with Crippen LogP contribution in [0, 0.1) is 0 Å². The van der Waals surface area contributed by atoms with Crippen LogP contribution in [0.15, 0.2) is 61.2 Å². The highest BCUT2D eigenvalue weighted by Crippen LogP contribution is 2.60. The van der Waals surface area contributed by atoms with Crippen molar-refractivity contribution in [1.82, 2.24) is 0 Å². The lowest BCUT2D eigenvalue weighted by molar-refractivity contribution is -0.440. The highest BCUT2D eigenvalue weighted by atomic mass is 19.4. The van der Waals surface area contributed by atoms with Gasteiger partial charge >= 0.3 is 41.8 Å². The first-order valence-corrected chi connectivity index (χ1v) is 14.3. The molecule has 0 aliphatic carbocycles. The Hall–Kier alpha value is -3.66. The summed E-state index contributed by atoms with van der Waals surface area (Å²) in [7, 11) is 0. The number of carbonyl (C=O) groups excluding carboxylic acids is 1. The molecule has 0 saturated heterocycles. The molecule has 270 valence electrons. The van der Waals surface area contributed by atoms with Gasteiger partial charge in [-0.2, -0.15) is 57.1 Å².